The zero-order valence-corrected chi connectivity index (χ0v) is 13.7. The van der Waals surface area contributed by atoms with E-state index in [4.69, 9.17) is 23.2 Å². The minimum Gasteiger partial charge on any atom is -0.350 e. The lowest BCUT2D eigenvalue weighted by atomic mass is 9.91. The van der Waals surface area contributed by atoms with Crippen LogP contribution in [-0.2, 0) is 16.1 Å². The number of nitrogens with zero attached hydrogens (tertiary/aromatic N) is 1. The first-order valence-electron chi connectivity index (χ1n) is 7.59. The van der Waals surface area contributed by atoms with Crippen LogP contribution in [0.15, 0.2) is 18.2 Å². The first-order valence-corrected chi connectivity index (χ1v) is 8.35. The number of rotatable bonds is 4. The van der Waals surface area contributed by atoms with E-state index in [-0.39, 0.29) is 23.9 Å². The molecule has 6 heteroatoms. The van der Waals surface area contributed by atoms with Gasteiger partial charge in [0.15, 0.2) is 0 Å². The van der Waals surface area contributed by atoms with E-state index >= 15 is 0 Å². The van der Waals surface area contributed by atoms with Gasteiger partial charge in [0.1, 0.15) is 6.04 Å². The molecule has 118 valence electrons. The average molecular weight is 341 g/mol. The van der Waals surface area contributed by atoms with Gasteiger partial charge in [-0.25, -0.2) is 0 Å². The number of carbonyl (C=O) groups is 2. The summed E-state index contributed by atoms with van der Waals surface area (Å²) in [7, 11) is 0. The van der Waals surface area contributed by atoms with Gasteiger partial charge in [-0.3, -0.25) is 9.59 Å². The van der Waals surface area contributed by atoms with Crippen molar-refractivity contribution in [1.82, 2.24) is 10.2 Å². The Kier molecular flexibility index (Phi) is 4.59. The lowest BCUT2D eigenvalue weighted by Gasteiger charge is -2.38. The molecule has 1 aromatic rings. The predicted octanol–water partition coefficient (Wildman–Crippen LogP) is 3.15. The van der Waals surface area contributed by atoms with Gasteiger partial charge >= 0.3 is 0 Å². The summed E-state index contributed by atoms with van der Waals surface area (Å²) in [4.78, 5) is 26.2. The normalized spacial score (nSPS) is 21.8. The van der Waals surface area contributed by atoms with Crippen molar-refractivity contribution in [2.75, 3.05) is 0 Å². The fourth-order valence-electron chi connectivity index (χ4n) is 3.07. The Labute approximate surface area is 139 Å². The molecule has 3 rings (SSSR count). The average Bonchev–Trinajstić information content (AvgIpc) is 2.81. The number of likely N-dealkylation sites (tertiary alicyclic amines) is 1. The third kappa shape index (κ3) is 2.95. The smallest absolute Gasteiger partial charge is 0.243 e. The first kappa shape index (κ1) is 15.6. The zero-order valence-electron chi connectivity index (χ0n) is 12.1. The number of carbonyl (C=O) groups excluding carboxylic acids is 2. The Hall–Kier alpha value is -1.26. The number of nitrogens with one attached hydrogen (secondary N) is 1. The van der Waals surface area contributed by atoms with Crippen molar-refractivity contribution in [1.29, 1.82) is 0 Å². The molecule has 1 aliphatic carbocycles. The molecule has 2 fully saturated rings. The molecule has 1 saturated carbocycles. The van der Waals surface area contributed by atoms with Gasteiger partial charge in [0.05, 0.1) is 10.0 Å². The van der Waals surface area contributed by atoms with E-state index in [1.807, 2.05) is 6.07 Å². The third-order valence-electron chi connectivity index (χ3n) is 4.51. The molecule has 1 atom stereocenters. The molecule has 2 amide bonds. The molecule has 0 unspecified atom stereocenters. The van der Waals surface area contributed by atoms with Crippen molar-refractivity contribution < 1.29 is 9.59 Å². The van der Waals surface area contributed by atoms with Gasteiger partial charge in [0.25, 0.3) is 0 Å². The van der Waals surface area contributed by atoms with Crippen LogP contribution in [0.2, 0.25) is 10.0 Å². The van der Waals surface area contributed by atoms with Crippen LogP contribution in [0.3, 0.4) is 0 Å². The summed E-state index contributed by atoms with van der Waals surface area (Å²) in [5.74, 6) is -0.000528. The number of amides is 2. The lowest BCUT2D eigenvalue weighted by molar-refractivity contribution is -0.139. The number of benzene rings is 1. The molecule has 0 bridgehead atoms. The van der Waals surface area contributed by atoms with Gasteiger partial charge in [-0.2, -0.15) is 0 Å². The minimum atomic E-state index is -0.337. The second-order valence-corrected chi connectivity index (χ2v) is 6.66. The minimum absolute atomic E-state index is 0.102. The summed E-state index contributed by atoms with van der Waals surface area (Å²) in [6.07, 6.45) is 4.23. The maximum atomic E-state index is 12.4. The Morgan fingerprint density at radius 1 is 1.27 bits per heavy atom. The van der Waals surface area contributed by atoms with E-state index in [1.165, 1.54) is 0 Å². The van der Waals surface area contributed by atoms with Crippen LogP contribution in [-0.4, -0.2) is 28.8 Å². The highest BCUT2D eigenvalue weighted by molar-refractivity contribution is 6.42. The van der Waals surface area contributed by atoms with Gasteiger partial charge in [-0.05, 0) is 37.3 Å². The summed E-state index contributed by atoms with van der Waals surface area (Å²) in [6.45, 7) is 0.321. The quantitative estimate of drug-likeness (QED) is 0.915. The molecule has 22 heavy (non-hydrogen) atoms. The van der Waals surface area contributed by atoms with Crippen LogP contribution in [0.25, 0.3) is 0 Å². The highest BCUT2D eigenvalue weighted by Gasteiger charge is 2.41. The molecule has 0 spiro atoms. The Morgan fingerprint density at radius 2 is 2.05 bits per heavy atom. The van der Waals surface area contributed by atoms with Crippen LogP contribution in [0.1, 0.15) is 37.7 Å². The number of halogens is 2. The molecule has 0 radical (unpaired) electrons. The van der Waals surface area contributed by atoms with Crippen LogP contribution < -0.4 is 5.32 Å². The van der Waals surface area contributed by atoms with E-state index in [0.29, 0.717) is 29.4 Å². The Balaban J connectivity index is 1.64. The van der Waals surface area contributed by atoms with Crippen molar-refractivity contribution in [3.05, 3.63) is 33.8 Å². The van der Waals surface area contributed by atoms with Crippen molar-refractivity contribution in [3.63, 3.8) is 0 Å². The SMILES string of the molecule is O=C(NCc1cccc(Cl)c1Cl)[C@@H]1CCC(=O)N1C1CCC1. The molecular formula is C16H18Cl2N2O2. The largest absolute Gasteiger partial charge is 0.350 e. The second kappa shape index (κ2) is 6.47. The van der Waals surface area contributed by atoms with Gasteiger partial charge in [-0.15, -0.1) is 0 Å². The maximum absolute atomic E-state index is 12.4. The Bertz CT molecular complexity index is 602. The summed E-state index contributed by atoms with van der Waals surface area (Å²) in [6, 6.07) is 5.26. The highest BCUT2D eigenvalue weighted by Crippen LogP contribution is 2.32. The van der Waals surface area contributed by atoms with Crippen molar-refractivity contribution in [2.45, 2.75) is 50.7 Å². The standard InChI is InChI=1S/C16H18Cl2N2O2/c17-12-6-1-3-10(15(12)18)9-19-16(22)13-7-8-14(21)20(13)11-4-2-5-11/h1,3,6,11,13H,2,4-5,7-9H2,(H,19,22)/t13-/m0/s1. The predicted molar refractivity (Wildman–Crippen MR) is 85.8 cm³/mol. The maximum Gasteiger partial charge on any atom is 0.243 e. The number of hydrogen-bond donors (Lipinski definition) is 1. The van der Waals surface area contributed by atoms with Gasteiger partial charge in [0, 0.05) is 19.0 Å². The topological polar surface area (TPSA) is 49.4 Å². The molecular weight excluding hydrogens is 323 g/mol. The summed E-state index contributed by atoms with van der Waals surface area (Å²) < 4.78 is 0. The van der Waals surface area contributed by atoms with Crippen molar-refractivity contribution in [2.24, 2.45) is 0 Å². The summed E-state index contributed by atoms with van der Waals surface area (Å²) >= 11 is 12.1. The molecule has 4 nitrogen and oxygen atoms in total. The molecule has 1 N–H and O–H groups in total. The summed E-state index contributed by atoms with van der Waals surface area (Å²) in [5, 5.41) is 3.82. The van der Waals surface area contributed by atoms with Gasteiger partial charge < -0.3 is 10.2 Å². The first-order chi connectivity index (χ1) is 10.6. The monoisotopic (exact) mass is 340 g/mol. The van der Waals surface area contributed by atoms with E-state index in [2.05, 4.69) is 5.32 Å². The van der Waals surface area contributed by atoms with E-state index in [1.54, 1.807) is 17.0 Å². The van der Waals surface area contributed by atoms with Crippen LogP contribution in [0.4, 0.5) is 0 Å². The molecule has 1 aliphatic heterocycles. The van der Waals surface area contributed by atoms with Crippen LogP contribution in [0, 0.1) is 0 Å². The molecule has 1 saturated heterocycles. The molecule has 1 aromatic carbocycles. The van der Waals surface area contributed by atoms with Gasteiger partial charge in [0.2, 0.25) is 11.8 Å². The molecule has 1 heterocycles. The fourth-order valence-corrected chi connectivity index (χ4v) is 3.45. The fraction of sp³-hybridized carbons (Fsp3) is 0.500. The van der Waals surface area contributed by atoms with E-state index < -0.39 is 0 Å². The van der Waals surface area contributed by atoms with Crippen molar-refractivity contribution in [3.8, 4) is 0 Å². The van der Waals surface area contributed by atoms with Crippen LogP contribution >= 0.6 is 23.2 Å². The van der Waals surface area contributed by atoms with Gasteiger partial charge in [-0.1, -0.05) is 35.3 Å². The molecule has 2 aliphatic rings. The Morgan fingerprint density at radius 3 is 2.73 bits per heavy atom. The van der Waals surface area contributed by atoms with Crippen LogP contribution in [0.5, 0.6) is 0 Å². The zero-order chi connectivity index (χ0) is 15.7. The van der Waals surface area contributed by atoms with Crippen molar-refractivity contribution >= 4 is 35.0 Å². The lowest BCUT2D eigenvalue weighted by Crippen LogP contribution is -2.51. The second-order valence-electron chi connectivity index (χ2n) is 5.87. The highest BCUT2D eigenvalue weighted by atomic mass is 35.5. The van der Waals surface area contributed by atoms with E-state index in [9.17, 15) is 9.59 Å². The molecule has 0 aromatic heterocycles. The third-order valence-corrected chi connectivity index (χ3v) is 5.37. The van der Waals surface area contributed by atoms with E-state index in [0.717, 1.165) is 24.8 Å². The number of hydrogen-bond acceptors (Lipinski definition) is 2. The summed E-state index contributed by atoms with van der Waals surface area (Å²) in [5.41, 5.74) is 0.780.